The number of nitrogens with two attached hydrogens (primary N) is 1. The van der Waals surface area contributed by atoms with Crippen LogP contribution in [0, 0.1) is 0 Å². The van der Waals surface area contributed by atoms with Gasteiger partial charge in [-0.1, -0.05) is 11.6 Å². The predicted octanol–water partition coefficient (Wildman–Crippen LogP) is 1.68. The maximum atomic E-state index is 11.1. The number of amides is 1. The first kappa shape index (κ1) is 12.7. The van der Waals surface area contributed by atoms with Crippen LogP contribution in [-0.2, 0) is 0 Å². The third-order valence-electron chi connectivity index (χ3n) is 2.63. The number of carbonyl (C=O) groups is 1. The van der Waals surface area contributed by atoms with Gasteiger partial charge in [0.2, 0.25) is 5.91 Å². The maximum Gasteiger partial charge on any atom is 0.248 e. The second-order valence-corrected chi connectivity index (χ2v) is 5.66. The molecular weight excluding hydrogens is 258 g/mol. The number of primary amides is 1. The number of aromatic nitrogens is 1. The van der Waals surface area contributed by atoms with Gasteiger partial charge in [-0.2, -0.15) is 0 Å². The summed E-state index contributed by atoms with van der Waals surface area (Å²) in [5.74, 6) is -0.471. The van der Waals surface area contributed by atoms with Crippen LogP contribution >= 0.6 is 23.4 Å². The minimum atomic E-state index is -0.471. The zero-order chi connectivity index (χ0) is 12.3. The molecule has 0 atom stereocenters. The number of piperidine rings is 1. The highest BCUT2D eigenvalue weighted by Gasteiger charge is 2.16. The lowest BCUT2D eigenvalue weighted by Gasteiger charge is -2.21. The minimum Gasteiger partial charge on any atom is -0.366 e. The molecule has 0 unspecified atom stereocenters. The second-order valence-electron chi connectivity index (χ2n) is 3.95. The quantitative estimate of drug-likeness (QED) is 0.821. The zero-order valence-electron chi connectivity index (χ0n) is 9.28. The Labute approximate surface area is 109 Å². The summed E-state index contributed by atoms with van der Waals surface area (Å²) in [6.07, 6.45) is 2.20. The summed E-state index contributed by atoms with van der Waals surface area (Å²) in [5.41, 5.74) is 5.66. The molecule has 17 heavy (non-hydrogen) atoms. The Hall–Kier alpha value is -0.780. The van der Waals surface area contributed by atoms with Crippen molar-refractivity contribution in [2.75, 3.05) is 13.1 Å². The Balaban J connectivity index is 2.11. The van der Waals surface area contributed by atoms with E-state index in [4.69, 9.17) is 17.3 Å². The van der Waals surface area contributed by atoms with Gasteiger partial charge in [-0.05, 0) is 38.1 Å². The first-order valence-corrected chi connectivity index (χ1v) is 6.75. The average Bonchev–Trinajstić information content (AvgIpc) is 2.29. The summed E-state index contributed by atoms with van der Waals surface area (Å²) in [6.45, 7) is 2.06. The molecule has 3 N–H and O–H groups in total. The van der Waals surface area contributed by atoms with Crippen LogP contribution in [0.5, 0.6) is 0 Å². The van der Waals surface area contributed by atoms with E-state index >= 15 is 0 Å². The molecule has 0 saturated carbocycles. The van der Waals surface area contributed by atoms with Gasteiger partial charge in [-0.3, -0.25) is 4.79 Å². The summed E-state index contributed by atoms with van der Waals surface area (Å²) in [5, 5.41) is 4.93. The van der Waals surface area contributed by atoms with Crippen molar-refractivity contribution in [2.45, 2.75) is 23.1 Å². The van der Waals surface area contributed by atoms with E-state index in [-0.39, 0.29) is 0 Å². The van der Waals surface area contributed by atoms with Crippen molar-refractivity contribution >= 4 is 29.3 Å². The van der Waals surface area contributed by atoms with Gasteiger partial charge in [-0.25, -0.2) is 4.98 Å². The third kappa shape index (κ3) is 3.59. The Morgan fingerprint density at radius 1 is 1.47 bits per heavy atom. The molecule has 0 bridgehead atoms. The van der Waals surface area contributed by atoms with Crippen LogP contribution < -0.4 is 11.1 Å². The molecule has 0 aliphatic carbocycles. The molecule has 1 saturated heterocycles. The minimum absolute atomic E-state index is 0.317. The fourth-order valence-electron chi connectivity index (χ4n) is 1.76. The van der Waals surface area contributed by atoms with Crippen molar-refractivity contribution in [3.63, 3.8) is 0 Å². The van der Waals surface area contributed by atoms with E-state index in [0.29, 0.717) is 16.0 Å². The first-order valence-electron chi connectivity index (χ1n) is 5.50. The highest BCUT2D eigenvalue weighted by molar-refractivity contribution is 7.99. The van der Waals surface area contributed by atoms with Gasteiger partial charge < -0.3 is 11.1 Å². The van der Waals surface area contributed by atoms with Crippen molar-refractivity contribution in [1.29, 1.82) is 0 Å². The van der Waals surface area contributed by atoms with E-state index < -0.39 is 5.91 Å². The van der Waals surface area contributed by atoms with Crippen LogP contribution in [0.2, 0.25) is 5.15 Å². The fraction of sp³-hybridized carbons (Fsp3) is 0.455. The fourth-order valence-corrected chi connectivity index (χ4v) is 3.18. The third-order valence-corrected chi connectivity index (χ3v) is 4.08. The normalized spacial score (nSPS) is 17.0. The van der Waals surface area contributed by atoms with Gasteiger partial charge >= 0.3 is 0 Å². The van der Waals surface area contributed by atoms with Crippen LogP contribution in [0.4, 0.5) is 0 Å². The van der Waals surface area contributed by atoms with Gasteiger partial charge in [0.05, 0.1) is 5.03 Å². The summed E-state index contributed by atoms with van der Waals surface area (Å²) in [4.78, 5) is 15.3. The van der Waals surface area contributed by atoms with Crippen molar-refractivity contribution in [2.24, 2.45) is 5.73 Å². The molecule has 0 spiro atoms. The molecule has 1 fully saturated rings. The van der Waals surface area contributed by atoms with Crippen LogP contribution in [0.15, 0.2) is 17.2 Å². The highest BCUT2D eigenvalue weighted by atomic mass is 35.5. The van der Waals surface area contributed by atoms with Gasteiger partial charge in [0.15, 0.2) is 0 Å². The van der Waals surface area contributed by atoms with Crippen molar-refractivity contribution in [3.8, 4) is 0 Å². The number of pyridine rings is 1. The first-order chi connectivity index (χ1) is 8.15. The lowest BCUT2D eigenvalue weighted by molar-refractivity contribution is 0.1000. The predicted molar refractivity (Wildman–Crippen MR) is 69.5 cm³/mol. The Morgan fingerprint density at radius 3 is 2.82 bits per heavy atom. The van der Waals surface area contributed by atoms with E-state index in [2.05, 4.69) is 10.3 Å². The van der Waals surface area contributed by atoms with Crippen LogP contribution in [-0.4, -0.2) is 29.2 Å². The standard InChI is InChI=1S/C11H14ClN3OS/c12-9-5-7(11(13)16)6-10(15-9)17-8-1-3-14-4-2-8/h5-6,8,14H,1-4H2,(H2,13,16). The lowest BCUT2D eigenvalue weighted by atomic mass is 10.2. The summed E-state index contributed by atoms with van der Waals surface area (Å²) >= 11 is 7.53. The van der Waals surface area contributed by atoms with Crippen molar-refractivity contribution in [3.05, 3.63) is 22.8 Å². The molecule has 1 aliphatic rings. The molecule has 1 aromatic rings. The van der Waals surface area contributed by atoms with Crippen LogP contribution in [0.3, 0.4) is 0 Å². The number of nitrogens with one attached hydrogen (secondary N) is 1. The molecule has 1 aliphatic heterocycles. The molecule has 1 amide bonds. The van der Waals surface area contributed by atoms with Gasteiger partial charge in [0, 0.05) is 10.8 Å². The average molecular weight is 272 g/mol. The maximum absolute atomic E-state index is 11.1. The zero-order valence-corrected chi connectivity index (χ0v) is 10.9. The number of hydrogen-bond donors (Lipinski definition) is 2. The molecule has 92 valence electrons. The molecule has 4 nitrogen and oxygen atoms in total. The Bertz CT molecular complexity index is 421. The van der Waals surface area contributed by atoms with Gasteiger partial charge in [0.1, 0.15) is 5.15 Å². The van der Waals surface area contributed by atoms with Gasteiger partial charge in [-0.15, -0.1) is 11.8 Å². The van der Waals surface area contributed by atoms with E-state index in [1.807, 2.05) is 0 Å². The number of thioether (sulfide) groups is 1. The van der Waals surface area contributed by atoms with Gasteiger partial charge in [0.25, 0.3) is 0 Å². The molecule has 0 aromatic carbocycles. The smallest absolute Gasteiger partial charge is 0.248 e. The van der Waals surface area contributed by atoms with E-state index in [1.165, 1.54) is 6.07 Å². The van der Waals surface area contributed by atoms with Crippen LogP contribution in [0.25, 0.3) is 0 Å². The number of carbonyl (C=O) groups excluding carboxylic acids is 1. The summed E-state index contributed by atoms with van der Waals surface area (Å²) in [6, 6.07) is 3.21. The molecule has 6 heteroatoms. The largest absolute Gasteiger partial charge is 0.366 e. The lowest BCUT2D eigenvalue weighted by Crippen LogP contribution is -2.29. The topological polar surface area (TPSA) is 68.0 Å². The molecule has 1 aromatic heterocycles. The Kier molecular flexibility index (Phi) is 4.25. The van der Waals surface area contributed by atoms with Crippen molar-refractivity contribution in [1.82, 2.24) is 10.3 Å². The monoisotopic (exact) mass is 271 g/mol. The van der Waals surface area contributed by atoms with E-state index in [1.54, 1.807) is 17.8 Å². The second kappa shape index (κ2) is 5.71. The molecule has 2 heterocycles. The van der Waals surface area contributed by atoms with E-state index in [9.17, 15) is 4.79 Å². The number of hydrogen-bond acceptors (Lipinski definition) is 4. The SMILES string of the molecule is NC(=O)c1cc(Cl)nc(SC2CCNCC2)c1. The molecular formula is C11H14ClN3OS. The Morgan fingerprint density at radius 2 is 2.18 bits per heavy atom. The molecule has 2 rings (SSSR count). The summed E-state index contributed by atoms with van der Waals surface area (Å²) in [7, 11) is 0. The highest BCUT2D eigenvalue weighted by Crippen LogP contribution is 2.28. The van der Waals surface area contributed by atoms with Crippen molar-refractivity contribution < 1.29 is 4.79 Å². The number of halogens is 1. The van der Waals surface area contributed by atoms with E-state index in [0.717, 1.165) is 31.0 Å². The number of rotatable bonds is 3. The van der Waals surface area contributed by atoms with Crippen LogP contribution in [0.1, 0.15) is 23.2 Å². The number of nitrogens with zero attached hydrogens (tertiary/aromatic N) is 1. The molecule has 0 radical (unpaired) electrons. The summed E-state index contributed by atoms with van der Waals surface area (Å²) < 4.78 is 0.